The summed E-state index contributed by atoms with van der Waals surface area (Å²) in [5.74, 6) is -1.62. The smallest absolute Gasteiger partial charge is 0.422 e. The zero-order chi connectivity index (χ0) is 34.2. The molecule has 13 nitrogen and oxygen atoms in total. The first-order valence-electron chi connectivity index (χ1n) is 14.5. The van der Waals surface area contributed by atoms with Gasteiger partial charge in [-0.25, -0.2) is 0 Å². The maximum Gasteiger partial charge on any atom is 0.422 e. The van der Waals surface area contributed by atoms with Crippen LogP contribution in [0.2, 0.25) is 5.02 Å². The number of halogens is 4. The first-order valence-corrected chi connectivity index (χ1v) is 14.9. The van der Waals surface area contributed by atoms with E-state index in [1.54, 1.807) is 42.5 Å². The Kier molecular flexibility index (Phi) is 11.3. The first kappa shape index (κ1) is 35.0. The second-order valence-electron chi connectivity index (χ2n) is 11.3. The standard InChI is InChI=1S/C30H34ClF3N8O5/c1-29(2)15-37-23(43)19-6-8-20(9-7-19)38-27-39-26(40-28(41-27)47-17-30(32,33)34)36-14-18-5-10-22(21(31)13-18)46-12-4-11-42(16-29)25(45)24(44)35-3/h5-10,13H,4,11-12,14-17H2,1-3H3,(H,35,44)(H,37,43)(H2,36,38,39,40,41). The number of nitrogens with zero attached hydrogens (tertiary/aromatic N) is 4. The molecule has 0 fully saturated rings. The van der Waals surface area contributed by atoms with E-state index in [4.69, 9.17) is 21.1 Å². The van der Waals surface area contributed by atoms with Crippen molar-refractivity contribution in [1.29, 1.82) is 0 Å². The monoisotopic (exact) mass is 678 g/mol. The second kappa shape index (κ2) is 15.2. The lowest BCUT2D eigenvalue weighted by molar-refractivity contribution is -0.154. The normalized spacial score (nSPS) is 15.7. The molecule has 47 heavy (non-hydrogen) atoms. The molecule has 3 aromatic rings. The van der Waals surface area contributed by atoms with Crippen molar-refractivity contribution < 1.29 is 37.0 Å². The van der Waals surface area contributed by atoms with Crippen LogP contribution in [0.25, 0.3) is 0 Å². The van der Waals surface area contributed by atoms with Crippen molar-refractivity contribution in [2.24, 2.45) is 5.41 Å². The molecule has 4 N–H and O–H groups in total. The summed E-state index contributed by atoms with van der Waals surface area (Å²) in [5, 5.41) is 11.3. The van der Waals surface area contributed by atoms with E-state index in [0.717, 1.165) is 0 Å². The van der Waals surface area contributed by atoms with Crippen LogP contribution in [-0.2, 0) is 16.1 Å². The average Bonchev–Trinajstić information content (AvgIpc) is 3.02. The fourth-order valence-electron chi connectivity index (χ4n) is 4.42. The summed E-state index contributed by atoms with van der Waals surface area (Å²) in [7, 11) is 1.38. The number of hydrogen-bond acceptors (Lipinski definition) is 10. The van der Waals surface area contributed by atoms with E-state index in [1.165, 1.54) is 11.9 Å². The Morgan fingerprint density at radius 2 is 1.81 bits per heavy atom. The molecule has 4 aliphatic heterocycles. The average molecular weight is 679 g/mol. The molecule has 1 aromatic heterocycles. The molecule has 0 radical (unpaired) electrons. The SMILES string of the molecule is CNC(=O)C(=O)N1CCCOc2ccc(cc2Cl)CNc2nc(nc(OCC(F)(F)F)n2)Nc2ccc(cc2)C(=O)NCC(C)(C)C1. The molecular formula is C30H34ClF3N8O5. The van der Waals surface area contributed by atoms with Gasteiger partial charge in [-0.3, -0.25) is 14.4 Å². The van der Waals surface area contributed by atoms with Crippen LogP contribution in [0.15, 0.2) is 42.5 Å². The lowest BCUT2D eigenvalue weighted by atomic mass is 9.92. The summed E-state index contributed by atoms with van der Waals surface area (Å²) in [4.78, 5) is 51.5. The number of likely N-dealkylation sites (N-methyl/N-ethyl adjacent to an activating group) is 1. The largest absolute Gasteiger partial charge is 0.492 e. The van der Waals surface area contributed by atoms with E-state index in [9.17, 15) is 27.6 Å². The third-order valence-electron chi connectivity index (χ3n) is 6.71. The number of nitrogens with one attached hydrogen (secondary N) is 4. The number of carbonyl (C=O) groups is 3. The van der Waals surface area contributed by atoms with Gasteiger partial charge in [0, 0.05) is 44.5 Å². The van der Waals surface area contributed by atoms with Crippen molar-refractivity contribution in [3.8, 4) is 11.8 Å². The first-order chi connectivity index (χ1) is 22.2. The number of anilines is 3. The molecule has 0 spiro atoms. The van der Waals surface area contributed by atoms with Gasteiger partial charge < -0.3 is 35.6 Å². The van der Waals surface area contributed by atoms with Crippen LogP contribution in [-0.4, -0.2) is 83.6 Å². The highest BCUT2D eigenvalue weighted by Gasteiger charge is 2.30. The maximum absolute atomic E-state index is 12.9. The van der Waals surface area contributed by atoms with Crippen molar-refractivity contribution in [2.45, 2.75) is 33.0 Å². The zero-order valence-corrected chi connectivity index (χ0v) is 26.6. The molecule has 17 heteroatoms. The van der Waals surface area contributed by atoms with Crippen molar-refractivity contribution in [3.63, 3.8) is 0 Å². The molecule has 6 bridgehead atoms. The summed E-state index contributed by atoms with van der Waals surface area (Å²) in [6.45, 7) is 3.00. The summed E-state index contributed by atoms with van der Waals surface area (Å²) in [6, 6.07) is 10.7. The molecule has 0 unspecified atom stereocenters. The minimum absolute atomic E-state index is 0.0694. The molecular weight excluding hydrogens is 645 g/mol. The highest BCUT2D eigenvalue weighted by atomic mass is 35.5. The lowest BCUT2D eigenvalue weighted by Crippen LogP contribution is -2.49. The van der Waals surface area contributed by atoms with Crippen LogP contribution in [0.4, 0.5) is 30.8 Å². The molecule has 0 saturated heterocycles. The molecule has 7 rings (SSSR count). The van der Waals surface area contributed by atoms with E-state index in [1.807, 2.05) is 13.8 Å². The number of rotatable bonds is 2. The molecule has 252 valence electrons. The minimum Gasteiger partial charge on any atom is -0.492 e. The van der Waals surface area contributed by atoms with Crippen molar-refractivity contribution in [3.05, 3.63) is 58.6 Å². The summed E-state index contributed by atoms with van der Waals surface area (Å²) in [6.07, 6.45) is -4.23. The Labute approximate surface area is 273 Å². The van der Waals surface area contributed by atoms with Crippen LogP contribution in [0.5, 0.6) is 11.8 Å². The Bertz CT molecular complexity index is 1590. The van der Waals surface area contributed by atoms with Gasteiger partial charge in [0.1, 0.15) is 5.75 Å². The number of hydrogen-bond donors (Lipinski definition) is 4. The molecule has 5 heterocycles. The van der Waals surface area contributed by atoms with E-state index >= 15 is 0 Å². The third-order valence-corrected chi connectivity index (χ3v) is 7.01. The van der Waals surface area contributed by atoms with Crippen LogP contribution in [0, 0.1) is 5.41 Å². The topological polar surface area (TPSA) is 160 Å². The predicted molar refractivity (Wildman–Crippen MR) is 167 cm³/mol. The van der Waals surface area contributed by atoms with Crippen LogP contribution in [0.1, 0.15) is 36.2 Å². The van der Waals surface area contributed by atoms with Gasteiger partial charge in [0.15, 0.2) is 6.61 Å². The van der Waals surface area contributed by atoms with Crippen LogP contribution >= 0.6 is 11.6 Å². The number of amides is 3. The summed E-state index contributed by atoms with van der Waals surface area (Å²) in [5.41, 5.74) is 0.821. The number of aromatic nitrogens is 3. The highest BCUT2D eigenvalue weighted by Crippen LogP contribution is 2.27. The minimum atomic E-state index is -4.61. The highest BCUT2D eigenvalue weighted by molar-refractivity contribution is 6.35. The number of ether oxygens (including phenoxy) is 2. The van der Waals surface area contributed by atoms with Gasteiger partial charge in [0.25, 0.3) is 5.91 Å². The van der Waals surface area contributed by atoms with Gasteiger partial charge in [-0.2, -0.15) is 28.1 Å². The molecule has 4 aliphatic rings. The maximum atomic E-state index is 12.9. The van der Waals surface area contributed by atoms with E-state index in [-0.39, 0.29) is 50.6 Å². The quantitative estimate of drug-likeness (QED) is 0.293. The van der Waals surface area contributed by atoms with Crippen molar-refractivity contribution >= 4 is 46.9 Å². The molecule has 3 amide bonds. The van der Waals surface area contributed by atoms with Crippen molar-refractivity contribution in [2.75, 3.05) is 50.5 Å². The summed E-state index contributed by atoms with van der Waals surface area (Å²) < 4.78 is 49.1. The predicted octanol–water partition coefficient (Wildman–Crippen LogP) is 3.93. The molecule has 0 saturated carbocycles. The Balaban J connectivity index is 1.61. The van der Waals surface area contributed by atoms with Gasteiger partial charge in [-0.1, -0.05) is 31.5 Å². The Morgan fingerprint density at radius 1 is 1.09 bits per heavy atom. The fourth-order valence-corrected chi connectivity index (χ4v) is 4.68. The second-order valence-corrected chi connectivity index (χ2v) is 11.8. The fraction of sp³-hybridized carbons (Fsp3) is 0.400. The Hall–Kier alpha value is -4.86. The zero-order valence-electron chi connectivity index (χ0n) is 25.8. The van der Waals surface area contributed by atoms with E-state index in [2.05, 4.69) is 36.2 Å². The van der Waals surface area contributed by atoms with Crippen LogP contribution < -0.4 is 30.7 Å². The van der Waals surface area contributed by atoms with Crippen LogP contribution in [0.3, 0.4) is 0 Å². The number of carbonyl (C=O) groups excluding carboxylic acids is 3. The van der Waals surface area contributed by atoms with E-state index in [0.29, 0.717) is 34.0 Å². The molecule has 2 aromatic carbocycles. The lowest BCUT2D eigenvalue weighted by Gasteiger charge is -2.32. The van der Waals surface area contributed by atoms with E-state index < -0.39 is 36.0 Å². The van der Waals surface area contributed by atoms with Crippen molar-refractivity contribution in [1.82, 2.24) is 30.5 Å². The molecule has 0 atom stereocenters. The van der Waals surface area contributed by atoms with Gasteiger partial charge in [-0.15, -0.1) is 0 Å². The number of benzene rings is 2. The third kappa shape index (κ3) is 10.6. The molecule has 0 aliphatic carbocycles. The summed E-state index contributed by atoms with van der Waals surface area (Å²) >= 11 is 6.44. The van der Waals surface area contributed by atoms with Gasteiger partial charge in [0.2, 0.25) is 11.9 Å². The van der Waals surface area contributed by atoms with Gasteiger partial charge in [0.05, 0.1) is 11.6 Å². The van der Waals surface area contributed by atoms with Gasteiger partial charge in [-0.05, 0) is 53.8 Å². The Morgan fingerprint density at radius 3 is 2.49 bits per heavy atom. The number of alkyl halides is 3. The van der Waals surface area contributed by atoms with Gasteiger partial charge >= 0.3 is 24.0 Å².